The van der Waals surface area contributed by atoms with Crippen molar-refractivity contribution in [2.75, 3.05) is 26.2 Å². The van der Waals surface area contributed by atoms with Crippen molar-refractivity contribution in [2.24, 2.45) is 5.73 Å². The first kappa shape index (κ1) is 13.4. The fourth-order valence-corrected chi connectivity index (χ4v) is 2.75. The van der Waals surface area contributed by atoms with Crippen molar-refractivity contribution in [1.82, 2.24) is 4.90 Å². The Labute approximate surface area is 110 Å². The molecule has 0 bridgehead atoms. The lowest BCUT2D eigenvalue weighted by Gasteiger charge is -2.34. The van der Waals surface area contributed by atoms with E-state index in [2.05, 4.69) is 17.0 Å². The average Bonchev–Trinajstić information content (AvgIpc) is 2.43. The molecule has 0 saturated carbocycles. The Kier molecular flexibility index (Phi) is 5.02. The van der Waals surface area contributed by atoms with Crippen molar-refractivity contribution in [3.05, 3.63) is 29.8 Å². The van der Waals surface area contributed by atoms with Crippen LogP contribution in [0.1, 0.15) is 37.8 Å². The summed E-state index contributed by atoms with van der Waals surface area (Å²) in [6.45, 7) is 5.69. The average molecular weight is 248 g/mol. The summed E-state index contributed by atoms with van der Waals surface area (Å²) in [6.07, 6.45) is 3.92. The molecule has 0 aromatic heterocycles. The Bertz CT molecular complexity index is 361. The van der Waals surface area contributed by atoms with E-state index < -0.39 is 0 Å². The van der Waals surface area contributed by atoms with Crippen LogP contribution in [0.25, 0.3) is 0 Å². The van der Waals surface area contributed by atoms with E-state index >= 15 is 0 Å². The molecule has 1 saturated heterocycles. The number of benzene rings is 1. The number of nitrogens with zero attached hydrogens (tertiary/aromatic N) is 1. The smallest absolute Gasteiger partial charge is 0.124 e. The minimum absolute atomic E-state index is 0.299. The van der Waals surface area contributed by atoms with Gasteiger partial charge in [-0.1, -0.05) is 24.6 Å². The molecule has 0 spiro atoms. The van der Waals surface area contributed by atoms with Crippen LogP contribution in [0.3, 0.4) is 0 Å². The molecule has 1 fully saturated rings. The molecule has 1 aliphatic heterocycles. The number of piperidine rings is 1. The zero-order chi connectivity index (χ0) is 12.8. The summed E-state index contributed by atoms with van der Waals surface area (Å²) in [4.78, 5) is 2.50. The van der Waals surface area contributed by atoms with Crippen LogP contribution < -0.4 is 10.5 Å². The van der Waals surface area contributed by atoms with E-state index in [1.165, 1.54) is 24.8 Å². The van der Waals surface area contributed by atoms with E-state index in [4.69, 9.17) is 10.5 Å². The van der Waals surface area contributed by atoms with Crippen LogP contribution in [0.15, 0.2) is 24.3 Å². The van der Waals surface area contributed by atoms with Crippen molar-refractivity contribution in [1.29, 1.82) is 0 Å². The third kappa shape index (κ3) is 3.03. The summed E-state index contributed by atoms with van der Waals surface area (Å²) in [7, 11) is 0. The molecule has 18 heavy (non-hydrogen) atoms. The highest BCUT2D eigenvalue weighted by Gasteiger charge is 2.23. The fraction of sp³-hybridized carbons (Fsp3) is 0.600. The molecule has 3 nitrogen and oxygen atoms in total. The molecule has 2 N–H and O–H groups in total. The predicted octanol–water partition coefficient (Wildman–Crippen LogP) is 2.57. The second-order valence-electron chi connectivity index (χ2n) is 4.82. The Balaban J connectivity index is 2.20. The number of para-hydroxylation sites is 1. The quantitative estimate of drug-likeness (QED) is 0.870. The highest BCUT2D eigenvalue weighted by atomic mass is 16.5. The molecule has 0 radical (unpaired) electrons. The lowest BCUT2D eigenvalue weighted by molar-refractivity contribution is 0.164. The molecule has 1 aliphatic rings. The summed E-state index contributed by atoms with van der Waals surface area (Å²) >= 11 is 0. The minimum Gasteiger partial charge on any atom is -0.494 e. The first-order valence-corrected chi connectivity index (χ1v) is 7.02. The van der Waals surface area contributed by atoms with Crippen LogP contribution in [0, 0.1) is 0 Å². The predicted molar refractivity (Wildman–Crippen MR) is 74.8 cm³/mol. The fourth-order valence-electron chi connectivity index (χ4n) is 2.75. The molecule has 0 amide bonds. The Morgan fingerprint density at radius 2 is 1.94 bits per heavy atom. The molecule has 100 valence electrons. The number of hydrogen-bond donors (Lipinski definition) is 1. The van der Waals surface area contributed by atoms with E-state index in [0.717, 1.165) is 18.8 Å². The summed E-state index contributed by atoms with van der Waals surface area (Å²) in [5.74, 6) is 0.987. The van der Waals surface area contributed by atoms with Crippen LogP contribution in [0.5, 0.6) is 5.75 Å². The maximum atomic E-state index is 6.00. The van der Waals surface area contributed by atoms with Gasteiger partial charge in [0, 0.05) is 12.1 Å². The minimum atomic E-state index is 0.299. The maximum absolute atomic E-state index is 6.00. The van der Waals surface area contributed by atoms with Crippen molar-refractivity contribution in [3.8, 4) is 5.75 Å². The number of rotatable bonds is 5. The monoisotopic (exact) mass is 248 g/mol. The van der Waals surface area contributed by atoms with E-state index in [1.54, 1.807) is 0 Å². The van der Waals surface area contributed by atoms with Crippen molar-refractivity contribution >= 4 is 0 Å². The number of hydrogen-bond acceptors (Lipinski definition) is 3. The largest absolute Gasteiger partial charge is 0.494 e. The molecule has 0 unspecified atom stereocenters. The van der Waals surface area contributed by atoms with Gasteiger partial charge in [0.1, 0.15) is 5.75 Å². The van der Waals surface area contributed by atoms with E-state index in [-0.39, 0.29) is 0 Å². The van der Waals surface area contributed by atoms with Crippen LogP contribution in [-0.4, -0.2) is 31.1 Å². The zero-order valence-corrected chi connectivity index (χ0v) is 11.3. The van der Waals surface area contributed by atoms with Gasteiger partial charge in [0.25, 0.3) is 0 Å². The third-order valence-corrected chi connectivity index (χ3v) is 3.63. The highest BCUT2D eigenvalue weighted by Crippen LogP contribution is 2.30. The Morgan fingerprint density at radius 3 is 2.61 bits per heavy atom. The van der Waals surface area contributed by atoms with Gasteiger partial charge in [0.15, 0.2) is 0 Å². The van der Waals surface area contributed by atoms with Crippen molar-refractivity contribution in [2.45, 2.75) is 32.2 Å². The van der Waals surface area contributed by atoms with E-state index in [0.29, 0.717) is 19.2 Å². The van der Waals surface area contributed by atoms with Gasteiger partial charge in [0.05, 0.1) is 12.6 Å². The molecule has 2 rings (SSSR count). The van der Waals surface area contributed by atoms with Crippen molar-refractivity contribution < 1.29 is 4.74 Å². The second kappa shape index (κ2) is 6.76. The summed E-state index contributed by atoms with van der Waals surface area (Å²) < 4.78 is 5.73. The summed E-state index contributed by atoms with van der Waals surface area (Å²) in [6, 6.07) is 8.60. The number of ether oxygens (including phenoxy) is 1. The topological polar surface area (TPSA) is 38.5 Å². The van der Waals surface area contributed by atoms with Crippen LogP contribution >= 0.6 is 0 Å². The summed E-state index contributed by atoms with van der Waals surface area (Å²) in [5.41, 5.74) is 7.24. The van der Waals surface area contributed by atoms with E-state index in [9.17, 15) is 0 Å². The van der Waals surface area contributed by atoms with Crippen molar-refractivity contribution in [3.63, 3.8) is 0 Å². The summed E-state index contributed by atoms with van der Waals surface area (Å²) in [5, 5.41) is 0. The molecule has 1 aromatic carbocycles. The molecular weight excluding hydrogens is 224 g/mol. The lowest BCUT2D eigenvalue weighted by atomic mass is 10.0. The van der Waals surface area contributed by atoms with Gasteiger partial charge < -0.3 is 10.5 Å². The maximum Gasteiger partial charge on any atom is 0.124 e. The molecule has 1 heterocycles. The number of nitrogens with two attached hydrogens (primary N) is 1. The standard InChI is InChI=1S/C15H24N2O/c1-2-18-15-9-5-4-8-13(15)14(12-16)17-10-6-3-7-11-17/h4-5,8-9,14H,2-3,6-7,10-12,16H2,1H3/t14-/m1/s1. The molecule has 1 aromatic rings. The normalized spacial score (nSPS) is 18.6. The SMILES string of the molecule is CCOc1ccccc1[C@@H](CN)N1CCCCC1. The molecule has 0 aliphatic carbocycles. The Hall–Kier alpha value is -1.06. The van der Waals surface area contributed by atoms with Gasteiger partial charge in [-0.3, -0.25) is 4.90 Å². The lowest BCUT2D eigenvalue weighted by Crippen LogP contribution is -2.37. The van der Waals surface area contributed by atoms with Crippen LogP contribution in [0.2, 0.25) is 0 Å². The van der Waals surface area contributed by atoms with Gasteiger partial charge >= 0.3 is 0 Å². The molecule has 1 atom stereocenters. The number of likely N-dealkylation sites (tertiary alicyclic amines) is 1. The highest BCUT2D eigenvalue weighted by molar-refractivity contribution is 5.36. The molecular formula is C15H24N2O. The zero-order valence-electron chi connectivity index (χ0n) is 11.3. The van der Waals surface area contributed by atoms with Gasteiger partial charge in [-0.15, -0.1) is 0 Å². The van der Waals surface area contributed by atoms with Gasteiger partial charge in [-0.25, -0.2) is 0 Å². The third-order valence-electron chi connectivity index (χ3n) is 3.63. The van der Waals surface area contributed by atoms with Crippen LogP contribution in [-0.2, 0) is 0 Å². The van der Waals surface area contributed by atoms with E-state index in [1.807, 2.05) is 19.1 Å². The Morgan fingerprint density at radius 1 is 1.22 bits per heavy atom. The molecule has 3 heteroatoms. The second-order valence-corrected chi connectivity index (χ2v) is 4.82. The van der Waals surface area contributed by atoms with Gasteiger partial charge in [-0.05, 0) is 38.9 Å². The van der Waals surface area contributed by atoms with Gasteiger partial charge in [0.2, 0.25) is 0 Å². The van der Waals surface area contributed by atoms with Crippen LogP contribution in [0.4, 0.5) is 0 Å². The first-order chi connectivity index (χ1) is 8.86. The first-order valence-electron chi connectivity index (χ1n) is 7.02. The van der Waals surface area contributed by atoms with Gasteiger partial charge in [-0.2, -0.15) is 0 Å².